The lowest BCUT2D eigenvalue weighted by molar-refractivity contribution is -0.117. The number of nitrogens with one attached hydrogen (secondary N) is 1. The maximum atomic E-state index is 11.3. The minimum atomic E-state index is -0.503. The summed E-state index contributed by atoms with van der Waals surface area (Å²) in [6, 6.07) is 0. The van der Waals surface area contributed by atoms with E-state index in [2.05, 4.69) is 9.97 Å². The van der Waals surface area contributed by atoms with Crippen molar-refractivity contribution in [2.24, 2.45) is 5.73 Å². The van der Waals surface area contributed by atoms with Crippen LogP contribution in [0.4, 0.5) is 0 Å². The third-order valence-electron chi connectivity index (χ3n) is 1.66. The van der Waals surface area contributed by atoms with Gasteiger partial charge in [0.15, 0.2) is 0 Å². The molecule has 1 heterocycles. The molecule has 0 aliphatic rings. The molecule has 1 rings (SSSR count). The molecule has 14 heavy (non-hydrogen) atoms. The number of aromatic nitrogens is 2. The van der Waals surface area contributed by atoms with Crippen LogP contribution in [0.3, 0.4) is 0 Å². The average Bonchev–Trinajstić information content (AvgIpc) is 2.10. The fraction of sp³-hybridized carbons (Fsp3) is 0.375. The second kappa shape index (κ2) is 4.54. The first-order chi connectivity index (χ1) is 6.54. The van der Waals surface area contributed by atoms with Crippen molar-refractivity contribution in [1.29, 1.82) is 0 Å². The number of nitrogens with two attached hydrogens (primary N) is 1. The van der Waals surface area contributed by atoms with Crippen LogP contribution < -0.4 is 11.3 Å². The van der Waals surface area contributed by atoms with Crippen molar-refractivity contribution < 1.29 is 4.79 Å². The number of carbonyl (C=O) groups is 1. The van der Waals surface area contributed by atoms with Gasteiger partial charge in [-0.15, -0.1) is 0 Å². The number of H-pyrrole nitrogens is 1. The van der Waals surface area contributed by atoms with Gasteiger partial charge >= 0.3 is 0 Å². The van der Waals surface area contributed by atoms with Gasteiger partial charge in [-0.1, -0.05) is 6.92 Å². The molecule has 0 aromatic carbocycles. The number of nitrogens with zero attached hydrogens (tertiary/aromatic N) is 1. The van der Waals surface area contributed by atoms with Gasteiger partial charge in [-0.05, 0) is 29.0 Å². The van der Waals surface area contributed by atoms with Gasteiger partial charge in [0.2, 0.25) is 5.91 Å². The number of aromatic amines is 1. The first-order valence-corrected chi connectivity index (χ1v) is 5.18. The van der Waals surface area contributed by atoms with E-state index in [1.807, 2.05) is 29.5 Å². The summed E-state index contributed by atoms with van der Waals surface area (Å²) in [5.41, 5.74) is 5.49. The molecule has 0 spiro atoms. The van der Waals surface area contributed by atoms with E-state index in [0.29, 0.717) is 21.5 Å². The number of halogens is 1. The molecule has 3 N–H and O–H groups in total. The van der Waals surface area contributed by atoms with Gasteiger partial charge in [0.1, 0.15) is 5.82 Å². The van der Waals surface area contributed by atoms with Crippen molar-refractivity contribution in [2.45, 2.75) is 19.8 Å². The van der Waals surface area contributed by atoms with Crippen LogP contribution in [0, 0.1) is 3.57 Å². The molecule has 0 aliphatic heterocycles. The van der Waals surface area contributed by atoms with Crippen LogP contribution in [0.25, 0.3) is 0 Å². The topological polar surface area (TPSA) is 88.8 Å². The predicted molar refractivity (Wildman–Crippen MR) is 59.9 cm³/mol. The summed E-state index contributed by atoms with van der Waals surface area (Å²) in [5, 5.41) is 0. The molecule has 0 aliphatic carbocycles. The second-order valence-electron chi connectivity index (χ2n) is 2.77. The largest absolute Gasteiger partial charge is 0.369 e. The molecular weight excluding hydrogens is 297 g/mol. The van der Waals surface area contributed by atoms with E-state index in [1.165, 1.54) is 0 Å². The zero-order valence-corrected chi connectivity index (χ0v) is 9.79. The van der Waals surface area contributed by atoms with Gasteiger partial charge in [0.05, 0.1) is 15.7 Å². The van der Waals surface area contributed by atoms with Crippen LogP contribution in [0.2, 0.25) is 0 Å². The highest BCUT2D eigenvalue weighted by Crippen LogP contribution is 2.04. The van der Waals surface area contributed by atoms with E-state index in [9.17, 15) is 9.59 Å². The van der Waals surface area contributed by atoms with E-state index in [-0.39, 0.29) is 12.0 Å². The second-order valence-corrected chi connectivity index (χ2v) is 3.85. The summed E-state index contributed by atoms with van der Waals surface area (Å²) in [6.07, 6.45) is 0.632. The normalized spacial score (nSPS) is 10.1. The van der Waals surface area contributed by atoms with Gasteiger partial charge < -0.3 is 10.7 Å². The molecule has 6 heteroatoms. The summed E-state index contributed by atoms with van der Waals surface area (Å²) in [6.45, 7) is 1.90. The lowest BCUT2D eigenvalue weighted by Gasteiger charge is -2.02. The van der Waals surface area contributed by atoms with E-state index >= 15 is 0 Å². The molecule has 0 radical (unpaired) electrons. The number of amides is 1. The van der Waals surface area contributed by atoms with Crippen LogP contribution >= 0.6 is 22.6 Å². The number of carbonyl (C=O) groups excluding carboxylic acids is 1. The van der Waals surface area contributed by atoms with Crippen molar-refractivity contribution in [2.75, 3.05) is 0 Å². The maximum absolute atomic E-state index is 11.3. The number of primary amides is 1. The van der Waals surface area contributed by atoms with Crippen LogP contribution in [-0.2, 0) is 17.6 Å². The number of hydrogen-bond donors (Lipinski definition) is 2. The molecule has 0 saturated carbocycles. The lowest BCUT2D eigenvalue weighted by atomic mass is 10.3. The van der Waals surface area contributed by atoms with Crippen molar-refractivity contribution in [3.8, 4) is 0 Å². The fourth-order valence-corrected chi connectivity index (χ4v) is 1.68. The molecule has 0 bridgehead atoms. The third-order valence-corrected chi connectivity index (χ3v) is 2.77. The van der Waals surface area contributed by atoms with Crippen molar-refractivity contribution in [1.82, 2.24) is 9.97 Å². The molecular formula is C8H10IN3O2. The third kappa shape index (κ3) is 2.53. The van der Waals surface area contributed by atoms with Gasteiger partial charge in [0.25, 0.3) is 5.56 Å². The smallest absolute Gasteiger partial charge is 0.264 e. The maximum Gasteiger partial charge on any atom is 0.264 e. The minimum Gasteiger partial charge on any atom is -0.369 e. The zero-order chi connectivity index (χ0) is 10.7. The molecule has 1 amide bonds. The Morgan fingerprint density at radius 2 is 2.29 bits per heavy atom. The highest BCUT2D eigenvalue weighted by Gasteiger charge is 2.08. The molecule has 5 nitrogen and oxygen atoms in total. The SMILES string of the molecule is CCc1nc(CC(N)=O)[nH]c(=O)c1I. The van der Waals surface area contributed by atoms with Crippen LogP contribution in [0.15, 0.2) is 4.79 Å². The fourth-order valence-electron chi connectivity index (χ4n) is 1.04. The number of rotatable bonds is 3. The molecule has 0 saturated heterocycles. The molecule has 1 aromatic heterocycles. The van der Waals surface area contributed by atoms with Gasteiger partial charge in [-0.3, -0.25) is 9.59 Å². The van der Waals surface area contributed by atoms with Crippen molar-refractivity contribution in [3.05, 3.63) is 25.4 Å². The van der Waals surface area contributed by atoms with Crippen LogP contribution in [0.5, 0.6) is 0 Å². The van der Waals surface area contributed by atoms with E-state index in [1.54, 1.807) is 0 Å². The molecule has 0 unspecified atom stereocenters. The summed E-state index contributed by atoms with van der Waals surface area (Å²) in [7, 11) is 0. The minimum absolute atomic E-state index is 0.0286. The Labute approximate surface area is 94.3 Å². The van der Waals surface area contributed by atoms with Gasteiger partial charge in [-0.2, -0.15) is 0 Å². The first kappa shape index (κ1) is 11.2. The highest BCUT2D eigenvalue weighted by atomic mass is 127. The lowest BCUT2D eigenvalue weighted by Crippen LogP contribution is -2.22. The Balaban J connectivity index is 3.16. The Hall–Kier alpha value is -0.920. The zero-order valence-electron chi connectivity index (χ0n) is 7.63. The number of aryl methyl sites for hydroxylation is 1. The molecule has 0 fully saturated rings. The predicted octanol–water partition coefficient (Wildman–Crippen LogP) is -0.0353. The average molecular weight is 307 g/mol. The highest BCUT2D eigenvalue weighted by molar-refractivity contribution is 14.1. The summed E-state index contributed by atoms with van der Waals surface area (Å²) >= 11 is 1.93. The van der Waals surface area contributed by atoms with E-state index in [0.717, 1.165) is 0 Å². The van der Waals surface area contributed by atoms with Crippen LogP contribution in [0.1, 0.15) is 18.4 Å². The molecule has 0 atom stereocenters. The first-order valence-electron chi connectivity index (χ1n) is 4.10. The van der Waals surface area contributed by atoms with E-state index in [4.69, 9.17) is 5.73 Å². The standard InChI is InChI=1S/C8H10IN3O2/c1-2-4-7(9)8(14)12-6(11-4)3-5(10)13/h2-3H2,1H3,(H2,10,13)(H,11,12,14). The summed E-state index contributed by atoms with van der Waals surface area (Å²) in [5.74, 6) is -0.170. The van der Waals surface area contributed by atoms with Crippen molar-refractivity contribution in [3.63, 3.8) is 0 Å². The van der Waals surface area contributed by atoms with Crippen molar-refractivity contribution >= 4 is 28.5 Å². The molecule has 1 aromatic rings. The Morgan fingerprint density at radius 3 is 2.79 bits per heavy atom. The molecule has 76 valence electrons. The number of hydrogen-bond acceptors (Lipinski definition) is 3. The quantitative estimate of drug-likeness (QED) is 0.768. The Kier molecular flexibility index (Phi) is 3.62. The Morgan fingerprint density at radius 1 is 1.64 bits per heavy atom. The summed E-state index contributed by atoms with van der Waals surface area (Å²) < 4.78 is 0.568. The van der Waals surface area contributed by atoms with E-state index < -0.39 is 5.91 Å². The van der Waals surface area contributed by atoms with Crippen LogP contribution in [-0.4, -0.2) is 15.9 Å². The van der Waals surface area contributed by atoms with Gasteiger partial charge in [0, 0.05) is 0 Å². The monoisotopic (exact) mass is 307 g/mol. The Bertz CT molecular complexity index is 414. The summed E-state index contributed by atoms with van der Waals surface area (Å²) in [4.78, 5) is 28.6. The van der Waals surface area contributed by atoms with Gasteiger partial charge in [-0.25, -0.2) is 4.98 Å².